The molecule has 1 aliphatic rings. The molecular formula is C12H22N2O2S. The van der Waals surface area contributed by atoms with Crippen molar-refractivity contribution in [1.82, 2.24) is 10.2 Å². The normalized spacial score (nSPS) is 20.8. The molecule has 1 N–H and O–H groups in total. The van der Waals surface area contributed by atoms with E-state index >= 15 is 0 Å². The smallest absolute Gasteiger partial charge is 0.246 e. The van der Waals surface area contributed by atoms with Crippen LogP contribution >= 0.6 is 12.6 Å². The molecule has 5 heteroatoms. The molecule has 1 atom stereocenters. The molecule has 0 aromatic heterocycles. The van der Waals surface area contributed by atoms with Crippen molar-refractivity contribution in [1.29, 1.82) is 0 Å². The summed E-state index contributed by atoms with van der Waals surface area (Å²) >= 11 is 4.13. The number of carbonyl (C=O) groups is 2. The third-order valence-corrected chi connectivity index (χ3v) is 3.44. The number of piperidine rings is 1. The molecule has 0 saturated carbocycles. The lowest BCUT2D eigenvalue weighted by Gasteiger charge is -2.39. The van der Waals surface area contributed by atoms with Crippen LogP contribution < -0.4 is 5.32 Å². The predicted octanol–water partition coefficient (Wildman–Crippen LogP) is 1.07. The zero-order valence-corrected chi connectivity index (χ0v) is 11.7. The minimum absolute atomic E-state index is 0.0111. The summed E-state index contributed by atoms with van der Waals surface area (Å²) in [6, 6.07) is -0.496. The summed E-state index contributed by atoms with van der Waals surface area (Å²) < 4.78 is 0. The van der Waals surface area contributed by atoms with E-state index in [1.165, 1.54) is 6.92 Å². The number of thiol groups is 1. The van der Waals surface area contributed by atoms with Crippen LogP contribution in [0.5, 0.6) is 0 Å². The van der Waals surface area contributed by atoms with Gasteiger partial charge >= 0.3 is 0 Å². The monoisotopic (exact) mass is 258 g/mol. The number of amides is 2. The molecule has 4 nitrogen and oxygen atoms in total. The van der Waals surface area contributed by atoms with Crippen molar-refractivity contribution in [2.24, 2.45) is 5.41 Å². The second-order valence-electron chi connectivity index (χ2n) is 5.46. The number of carbonyl (C=O) groups excluding carboxylic acids is 2. The fraction of sp³-hybridized carbons (Fsp3) is 0.833. The van der Waals surface area contributed by atoms with E-state index in [1.54, 1.807) is 0 Å². The van der Waals surface area contributed by atoms with E-state index in [-0.39, 0.29) is 17.2 Å². The molecule has 0 aromatic rings. The first-order chi connectivity index (χ1) is 7.85. The fourth-order valence-electron chi connectivity index (χ4n) is 2.26. The van der Waals surface area contributed by atoms with Gasteiger partial charge in [0.05, 0.1) is 0 Å². The number of hydrogen-bond donors (Lipinski definition) is 2. The Bertz CT molecular complexity index is 305. The SMILES string of the molecule is CC(=O)NC(CS)C(=O)N1CCCC(C)(C)C1. The average molecular weight is 258 g/mol. The van der Waals surface area contributed by atoms with Crippen LogP contribution in [-0.4, -0.2) is 41.6 Å². The zero-order chi connectivity index (χ0) is 13.1. The predicted molar refractivity (Wildman–Crippen MR) is 71.1 cm³/mol. The molecule has 0 aromatic carbocycles. The molecule has 0 spiro atoms. The standard InChI is InChI=1S/C12H22N2O2S/c1-9(15)13-10(7-17)11(16)14-6-4-5-12(2,3)8-14/h10,17H,4-8H2,1-3H3,(H,13,15). The van der Waals surface area contributed by atoms with Crippen molar-refractivity contribution in [2.75, 3.05) is 18.8 Å². The highest BCUT2D eigenvalue weighted by atomic mass is 32.1. The van der Waals surface area contributed by atoms with Crippen molar-refractivity contribution >= 4 is 24.4 Å². The Balaban J connectivity index is 2.64. The minimum atomic E-state index is -0.496. The lowest BCUT2D eigenvalue weighted by Crippen LogP contribution is -2.53. The van der Waals surface area contributed by atoms with Gasteiger partial charge < -0.3 is 10.2 Å². The highest BCUT2D eigenvalue weighted by Crippen LogP contribution is 2.28. The van der Waals surface area contributed by atoms with Gasteiger partial charge in [-0.2, -0.15) is 12.6 Å². The van der Waals surface area contributed by atoms with E-state index in [0.29, 0.717) is 5.75 Å². The summed E-state index contributed by atoms with van der Waals surface area (Å²) in [5, 5.41) is 2.65. The Morgan fingerprint density at radius 3 is 2.59 bits per heavy atom. The van der Waals surface area contributed by atoms with Crippen molar-refractivity contribution < 1.29 is 9.59 Å². The van der Waals surface area contributed by atoms with Gasteiger partial charge in [-0.25, -0.2) is 0 Å². The van der Waals surface area contributed by atoms with Crippen LogP contribution in [0.4, 0.5) is 0 Å². The number of nitrogens with zero attached hydrogens (tertiary/aromatic N) is 1. The summed E-state index contributed by atoms with van der Waals surface area (Å²) in [4.78, 5) is 25.1. The maximum absolute atomic E-state index is 12.2. The van der Waals surface area contributed by atoms with Crippen LogP contribution in [0.15, 0.2) is 0 Å². The third kappa shape index (κ3) is 4.22. The number of likely N-dealkylation sites (tertiary alicyclic amines) is 1. The zero-order valence-electron chi connectivity index (χ0n) is 10.8. The number of rotatable bonds is 3. The topological polar surface area (TPSA) is 49.4 Å². The summed E-state index contributed by atoms with van der Waals surface area (Å²) in [6.45, 7) is 7.30. The molecular weight excluding hydrogens is 236 g/mol. The summed E-state index contributed by atoms with van der Waals surface area (Å²) in [5.74, 6) is 0.145. The van der Waals surface area contributed by atoms with Gasteiger partial charge in [0.15, 0.2) is 0 Å². The minimum Gasteiger partial charge on any atom is -0.344 e. The van der Waals surface area contributed by atoms with Crippen molar-refractivity contribution in [3.8, 4) is 0 Å². The van der Waals surface area contributed by atoms with E-state index in [1.807, 2.05) is 4.90 Å². The van der Waals surface area contributed by atoms with E-state index in [4.69, 9.17) is 0 Å². The second-order valence-corrected chi connectivity index (χ2v) is 5.83. The first kappa shape index (κ1) is 14.4. The Kier molecular flexibility index (Phi) is 4.86. The van der Waals surface area contributed by atoms with Crippen LogP contribution in [0.2, 0.25) is 0 Å². The lowest BCUT2D eigenvalue weighted by molar-refractivity contribution is -0.138. The summed E-state index contributed by atoms with van der Waals surface area (Å²) in [5.41, 5.74) is 0.172. The van der Waals surface area contributed by atoms with Gasteiger partial charge in [-0.1, -0.05) is 13.8 Å². The van der Waals surface area contributed by atoms with E-state index in [0.717, 1.165) is 25.9 Å². The molecule has 1 unspecified atom stereocenters. The molecule has 2 amide bonds. The first-order valence-corrected chi connectivity index (χ1v) is 6.66. The second kappa shape index (κ2) is 5.76. The van der Waals surface area contributed by atoms with E-state index in [9.17, 15) is 9.59 Å². The van der Waals surface area contributed by atoms with Crippen LogP contribution in [0, 0.1) is 5.41 Å². The molecule has 1 heterocycles. The van der Waals surface area contributed by atoms with Gasteiger partial charge in [0, 0.05) is 25.8 Å². The average Bonchev–Trinajstić information content (AvgIpc) is 2.23. The van der Waals surface area contributed by atoms with Gasteiger partial charge in [-0.05, 0) is 18.3 Å². The maximum atomic E-state index is 12.2. The third-order valence-electron chi connectivity index (χ3n) is 3.07. The molecule has 1 rings (SSSR count). The first-order valence-electron chi connectivity index (χ1n) is 6.02. The van der Waals surface area contributed by atoms with Crippen LogP contribution in [-0.2, 0) is 9.59 Å². The Morgan fingerprint density at radius 2 is 2.12 bits per heavy atom. The quantitative estimate of drug-likeness (QED) is 0.744. The van der Waals surface area contributed by atoms with Crippen molar-refractivity contribution in [2.45, 2.75) is 39.7 Å². The van der Waals surface area contributed by atoms with Crippen molar-refractivity contribution in [3.05, 3.63) is 0 Å². The van der Waals surface area contributed by atoms with Gasteiger partial charge in [0.2, 0.25) is 11.8 Å². The highest BCUT2D eigenvalue weighted by Gasteiger charge is 2.32. The van der Waals surface area contributed by atoms with Gasteiger partial charge in [0.25, 0.3) is 0 Å². The van der Waals surface area contributed by atoms with Crippen LogP contribution in [0.1, 0.15) is 33.6 Å². The van der Waals surface area contributed by atoms with Gasteiger partial charge in [-0.15, -0.1) is 0 Å². The molecule has 0 radical (unpaired) electrons. The molecule has 17 heavy (non-hydrogen) atoms. The lowest BCUT2D eigenvalue weighted by atomic mass is 9.84. The highest BCUT2D eigenvalue weighted by molar-refractivity contribution is 7.80. The fourth-order valence-corrected chi connectivity index (χ4v) is 2.51. The Hall–Kier alpha value is -0.710. The summed E-state index contributed by atoms with van der Waals surface area (Å²) in [6.07, 6.45) is 2.17. The Morgan fingerprint density at radius 1 is 1.47 bits per heavy atom. The van der Waals surface area contributed by atoms with Gasteiger partial charge in [-0.3, -0.25) is 9.59 Å². The molecule has 1 saturated heterocycles. The van der Waals surface area contributed by atoms with E-state index < -0.39 is 6.04 Å². The van der Waals surface area contributed by atoms with Crippen LogP contribution in [0.3, 0.4) is 0 Å². The maximum Gasteiger partial charge on any atom is 0.246 e. The molecule has 1 fully saturated rings. The van der Waals surface area contributed by atoms with Crippen molar-refractivity contribution in [3.63, 3.8) is 0 Å². The molecule has 98 valence electrons. The Labute approximate surface area is 109 Å². The number of hydrogen-bond acceptors (Lipinski definition) is 3. The van der Waals surface area contributed by atoms with E-state index in [2.05, 4.69) is 31.8 Å². The molecule has 0 aliphatic carbocycles. The molecule has 1 aliphatic heterocycles. The summed E-state index contributed by atoms with van der Waals surface area (Å²) in [7, 11) is 0. The largest absolute Gasteiger partial charge is 0.344 e. The van der Waals surface area contributed by atoms with Crippen LogP contribution in [0.25, 0.3) is 0 Å². The molecule has 0 bridgehead atoms. The number of nitrogens with one attached hydrogen (secondary N) is 1. The van der Waals surface area contributed by atoms with Gasteiger partial charge in [0.1, 0.15) is 6.04 Å².